The highest BCUT2D eigenvalue weighted by atomic mass is 16.6. The van der Waals surface area contributed by atoms with Crippen LogP contribution in [-0.4, -0.2) is 26.1 Å². The maximum absolute atomic E-state index is 11.4. The van der Waals surface area contributed by atoms with E-state index in [0.29, 0.717) is 11.3 Å². The van der Waals surface area contributed by atoms with E-state index in [2.05, 4.69) is 4.74 Å². The van der Waals surface area contributed by atoms with Crippen LogP contribution in [0, 0.1) is 0 Å². The quantitative estimate of drug-likeness (QED) is 0.342. The summed E-state index contributed by atoms with van der Waals surface area (Å²) in [6, 6.07) is 6.93. The van der Waals surface area contributed by atoms with Crippen LogP contribution in [0.25, 0.3) is 6.08 Å². The Balaban J connectivity index is 2.98. The Morgan fingerprint density at radius 3 is 2.39 bits per heavy atom. The van der Waals surface area contributed by atoms with Gasteiger partial charge in [0.25, 0.3) is 0 Å². The summed E-state index contributed by atoms with van der Waals surface area (Å²) in [4.78, 5) is 21.4. The van der Waals surface area contributed by atoms with Crippen molar-refractivity contribution in [2.75, 3.05) is 14.2 Å². The number of carbonyl (C=O) groups excluding carboxylic acids is 2. The predicted molar refractivity (Wildman–Crippen MR) is 64.3 cm³/mol. The second kappa shape index (κ2) is 6.93. The molecule has 0 bridgehead atoms. The van der Waals surface area contributed by atoms with Gasteiger partial charge in [-0.2, -0.15) is 0 Å². The summed E-state index contributed by atoms with van der Waals surface area (Å²) in [5.74, 6) is 1.32. The van der Waals surface area contributed by atoms with Crippen LogP contribution in [0.4, 0.5) is 0 Å². The molecule has 0 N–H and O–H groups in total. The van der Waals surface area contributed by atoms with E-state index in [4.69, 9.17) is 9.47 Å². The van der Waals surface area contributed by atoms with E-state index in [1.807, 2.05) is 0 Å². The summed E-state index contributed by atoms with van der Waals surface area (Å²) in [7, 11) is 2.78. The van der Waals surface area contributed by atoms with E-state index in [1.165, 1.54) is 19.1 Å². The third-order valence-electron chi connectivity index (χ3n) is 2.03. The van der Waals surface area contributed by atoms with E-state index in [9.17, 15) is 9.59 Å². The minimum absolute atomic E-state index is 0.106. The third-order valence-corrected chi connectivity index (χ3v) is 2.03. The van der Waals surface area contributed by atoms with Crippen molar-refractivity contribution in [3.8, 4) is 5.75 Å². The second-order valence-corrected chi connectivity index (χ2v) is 3.13. The minimum Gasteiger partial charge on any atom is -0.497 e. The van der Waals surface area contributed by atoms with Gasteiger partial charge in [-0.15, -0.1) is 0 Å². The van der Waals surface area contributed by atoms with Gasteiger partial charge in [-0.1, -0.05) is 12.1 Å². The SMILES string of the molecule is COC(=O)C(=Cc1ccc(OC)cc1)OC=C=O. The van der Waals surface area contributed by atoms with E-state index < -0.39 is 5.97 Å². The van der Waals surface area contributed by atoms with Crippen LogP contribution in [0.5, 0.6) is 5.75 Å². The highest BCUT2D eigenvalue weighted by Crippen LogP contribution is 2.15. The van der Waals surface area contributed by atoms with E-state index in [0.717, 1.165) is 6.26 Å². The monoisotopic (exact) mass is 248 g/mol. The summed E-state index contributed by atoms with van der Waals surface area (Å²) in [5.41, 5.74) is 0.704. The first-order valence-electron chi connectivity index (χ1n) is 5.01. The summed E-state index contributed by atoms with van der Waals surface area (Å²) >= 11 is 0. The van der Waals surface area contributed by atoms with Crippen LogP contribution >= 0.6 is 0 Å². The fourth-order valence-corrected chi connectivity index (χ4v) is 1.18. The molecule has 18 heavy (non-hydrogen) atoms. The van der Waals surface area contributed by atoms with Crippen LogP contribution in [0.3, 0.4) is 0 Å². The van der Waals surface area contributed by atoms with E-state index >= 15 is 0 Å². The lowest BCUT2D eigenvalue weighted by molar-refractivity contribution is -0.138. The van der Waals surface area contributed by atoms with Crippen LogP contribution in [0.2, 0.25) is 0 Å². The zero-order valence-corrected chi connectivity index (χ0v) is 10.0. The highest BCUT2D eigenvalue weighted by Gasteiger charge is 2.10. The Labute approximate surface area is 104 Å². The lowest BCUT2D eigenvalue weighted by Crippen LogP contribution is -2.05. The molecule has 0 aromatic heterocycles. The Hall–Kier alpha value is -2.52. The van der Waals surface area contributed by atoms with Crippen molar-refractivity contribution in [1.82, 2.24) is 0 Å². The fourth-order valence-electron chi connectivity index (χ4n) is 1.18. The second-order valence-electron chi connectivity index (χ2n) is 3.13. The predicted octanol–water partition coefficient (Wildman–Crippen LogP) is 1.57. The fraction of sp³-hybridized carbons (Fsp3) is 0.154. The molecule has 1 rings (SSSR count). The zero-order chi connectivity index (χ0) is 13.4. The molecule has 94 valence electrons. The molecule has 0 amide bonds. The van der Waals surface area contributed by atoms with Gasteiger partial charge in [-0.05, 0) is 23.8 Å². The van der Waals surface area contributed by atoms with Crippen LogP contribution in [-0.2, 0) is 19.1 Å². The Kier molecular flexibility index (Phi) is 5.22. The molecule has 0 aliphatic carbocycles. The van der Waals surface area contributed by atoms with Crippen molar-refractivity contribution in [3.05, 3.63) is 41.9 Å². The molecule has 0 heterocycles. The zero-order valence-electron chi connectivity index (χ0n) is 10.0. The summed E-state index contributed by atoms with van der Waals surface area (Å²) in [6.45, 7) is 0. The molecular weight excluding hydrogens is 236 g/mol. The number of benzene rings is 1. The molecule has 1 aromatic rings. The lowest BCUT2D eigenvalue weighted by Gasteiger charge is -2.04. The van der Waals surface area contributed by atoms with Gasteiger partial charge in [0, 0.05) is 0 Å². The summed E-state index contributed by atoms with van der Waals surface area (Å²) in [5, 5.41) is 0. The third kappa shape index (κ3) is 3.81. The van der Waals surface area contributed by atoms with Crippen molar-refractivity contribution in [1.29, 1.82) is 0 Å². The Morgan fingerprint density at radius 2 is 1.89 bits per heavy atom. The Bertz CT molecular complexity index is 481. The van der Waals surface area contributed by atoms with E-state index in [-0.39, 0.29) is 5.76 Å². The first-order chi connectivity index (χ1) is 8.71. The molecule has 5 nitrogen and oxygen atoms in total. The van der Waals surface area contributed by atoms with Gasteiger partial charge in [0.2, 0.25) is 5.76 Å². The molecule has 0 atom stereocenters. The van der Waals surface area contributed by atoms with E-state index in [1.54, 1.807) is 31.4 Å². The van der Waals surface area contributed by atoms with Crippen molar-refractivity contribution >= 4 is 18.0 Å². The molecule has 0 fully saturated rings. The van der Waals surface area contributed by atoms with Gasteiger partial charge in [-0.25, -0.2) is 9.59 Å². The highest BCUT2D eigenvalue weighted by molar-refractivity contribution is 5.91. The van der Waals surface area contributed by atoms with Crippen LogP contribution < -0.4 is 4.74 Å². The Morgan fingerprint density at radius 1 is 1.22 bits per heavy atom. The van der Waals surface area contributed by atoms with Gasteiger partial charge in [0.15, 0.2) is 12.2 Å². The van der Waals surface area contributed by atoms with Crippen molar-refractivity contribution in [2.24, 2.45) is 0 Å². The topological polar surface area (TPSA) is 61.8 Å². The molecule has 0 spiro atoms. The number of methoxy groups -OCH3 is 2. The summed E-state index contributed by atoms with van der Waals surface area (Å²) < 4.78 is 14.3. The van der Waals surface area contributed by atoms with Gasteiger partial charge in [0.1, 0.15) is 5.75 Å². The standard InChI is InChI=1S/C13H12O5/c1-16-11-5-3-10(4-6-11)9-12(13(15)17-2)18-8-7-14/h3-6,8-9H,1-2H3. The van der Waals surface area contributed by atoms with Crippen molar-refractivity contribution in [3.63, 3.8) is 0 Å². The molecule has 5 heteroatoms. The molecule has 0 saturated carbocycles. The van der Waals surface area contributed by atoms with Crippen molar-refractivity contribution < 1.29 is 23.8 Å². The summed E-state index contributed by atoms with van der Waals surface area (Å²) in [6.07, 6.45) is 2.19. The first kappa shape index (κ1) is 13.5. The van der Waals surface area contributed by atoms with Gasteiger partial charge in [-0.3, -0.25) is 0 Å². The number of esters is 1. The van der Waals surface area contributed by atoms with Crippen LogP contribution in [0.15, 0.2) is 36.3 Å². The molecule has 0 unspecified atom stereocenters. The lowest BCUT2D eigenvalue weighted by atomic mass is 10.2. The molecule has 0 radical (unpaired) electrons. The maximum atomic E-state index is 11.4. The molecule has 0 aliphatic rings. The molecule has 1 aromatic carbocycles. The first-order valence-corrected chi connectivity index (χ1v) is 5.01. The van der Waals surface area contributed by atoms with Gasteiger partial charge in [0.05, 0.1) is 14.2 Å². The van der Waals surface area contributed by atoms with Gasteiger partial charge >= 0.3 is 5.97 Å². The average molecular weight is 248 g/mol. The number of rotatable bonds is 5. The number of ether oxygens (including phenoxy) is 3. The number of carbonyl (C=O) groups is 1. The number of hydrogen-bond acceptors (Lipinski definition) is 5. The molecule has 0 aliphatic heterocycles. The van der Waals surface area contributed by atoms with Gasteiger partial charge < -0.3 is 14.2 Å². The average Bonchev–Trinajstić information content (AvgIpc) is 2.43. The molecule has 0 saturated heterocycles. The molecular formula is C13H12O5. The number of hydrogen-bond donors (Lipinski definition) is 0. The van der Waals surface area contributed by atoms with Crippen LogP contribution in [0.1, 0.15) is 5.56 Å². The minimum atomic E-state index is -0.683. The normalized spacial score (nSPS) is 10.2. The van der Waals surface area contributed by atoms with Crippen molar-refractivity contribution in [2.45, 2.75) is 0 Å². The smallest absolute Gasteiger partial charge is 0.373 e. The maximum Gasteiger partial charge on any atom is 0.373 e. The largest absolute Gasteiger partial charge is 0.497 e.